The summed E-state index contributed by atoms with van der Waals surface area (Å²) in [7, 11) is 0. The predicted octanol–water partition coefficient (Wildman–Crippen LogP) is 4.01. The van der Waals surface area contributed by atoms with Crippen molar-refractivity contribution in [2.24, 2.45) is 0 Å². The Morgan fingerprint density at radius 1 is 1.42 bits per heavy atom. The van der Waals surface area contributed by atoms with Gasteiger partial charge in [-0.2, -0.15) is 0 Å². The van der Waals surface area contributed by atoms with Gasteiger partial charge in [0.05, 0.1) is 3.79 Å². The molecule has 4 heteroatoms. The summed E-state index contributed by atoms with van der Waals surface area (Å²) < 4.78 is 1.25. The molecule has 0 radical (unpaired) electrons. The minimum Gasteiger partial charge on any atom is -0.311 e. The lowest BCUT2D eigenvalue weighted by Gasteiger charge is -2.48. The van der Waals surface area contributed by atoms with Gasteiger partial charge >= 0.3 is 0 Å². The molecule has 1 saturated carbocycles. The molecule has 2 aliphatic rings. The van der Waals surface area contributed by atoms with E-state index in [0.29, 0.717) is 11.6 Å². The van der Waals surface area contributed by atoms with Crippen molar-refractivity contribution < 1.29 is 0 Å². The van der Waals surface area contributed by atoms with Crippen molar-refractivity contribution >= 4 is 27.3 Å². The number of thiophene rings is 1. The fraction of sp³-hybridized carbons (Fsp3) is 0.733. The number of nitrogens with zero attached hydrogens (tertiary/aromatic N) is 1. The molecule has 1 unspecified atom stereocenters. The Morgan fingerprint density at radius 2 is 2.21 bits per heavy atom. The van der Waals surface area contributed by atoms with Crippen molar-refractivity contribution in [3.8, 4) is 0 Å². The molecule has 2 fully saturated rings. The van der Waals surface area contributed by atoms with Crippen LogP contribution < -0.4 is 5.32 Å². The molecule has 1 aliphatic heterocycles. The summed E-state index contributed by atoms with van der Waals surface area (Å²) >= 11 is 5.47. The summed E-state index contributed by atoms with van der Waals surface area (Å²) in [6.45, 7) is 5.84. The Balaban J connectivity index is 1.76. The molecule has 0 amide bonds. The van der Waals surface area contributed by atoms with E-state index in [1.165, 1.54) is 53.9 Å². The van der Waals surface area contributed by atoms with Gasteiger partial charge in [-0.15, -0.1) is 11.3 Å². The summed E-state index contributed by atoms with van der Waals surface area (Å²) in [5.41, 5.74) is 0.447. The molecule has 1 N–H and O–H groups in total. The molecule has 19 heavy (non-hydrogen) atoms. The van der Waals surface area contributed by atoms with Crippen LogP contribution in [0.1, 0.15) is 43.9 Å². The summed E-state index contributed by atoms with van der Waals surface area (Å²) in [5.74, 6) is 0. The second-order valence-electron chi connectivity index (χ2n) is 6.00. The maximum absolute atomic E-state index is 3.77. The van der Waals surface area contributed by atoms with Crippen LogP contribution in [0.4, 0.5) is 0 Å². The van der Waals surface area contributed by atoms with Crippen molar-refractivity contribution in [1.82, 2.24) is 10.2 Å². The molecule has 1 saturated heterocycles. The van der Waals surface area contributed by atoms with Crippen molar-refractivity contribution in [3.63, 3.8) is 0 Å². The third-order valence-corrected chi connectivity index (χ3v) is 6.44. The summed E-state index contributed by atoms with van der Waals surface area (Å²) in [6, 6.07) is 5.14. The van der Waals surface area contributed by atoms with E-state index in [1.54, 1.807) is 0 Å². The van der Waals surface area contributed by atoms with Gasteiger partial charge in [0.1, 0.15) is 0 Å². The van der Waals surface area contributed by atoms with E-state index >= 15 is 0 Å². The SMILES string of the molecule is CCC1CN(Cc2ccc(Br)s2)C2(CCCC2)CN1. The van der Waals surface area contributed by atoms with Gasteiger partial charge in [-0.25, -0.2) is 0 Å². The van der Waals surface area contributed by atoms with E-state index in [9.17, 15) is 0 Å². The van der Waals surface area contributed by atoms with Crippen LogP contribution in [0.25, 0.3) is 0 Å². The fourth-order valence-electron chi connectivity index (χ4n) is 3.63. The molecular weight excluding hydrogens is 320 g/mol. The molecule has 1 atom stereocenters. The lowest BCUT2D eigenvalue weighted by Crippen LogP contribution is -2.62. The monoisotopic (exact) mass is 342 g/mol. The first kappa shape index (κ1) is 14.1. The number of rotatable bonds is 3. The lowest BCUT2D eigenvalue weighted by molar-refractivity contribution is 0.0358. The Kier molecular flexibility index (Phi) is 4.32. The van der Waals surface area contributed by atoms with Crippen molar-refractivity contribution in [3.05, 3.63) is 20.8 Å². The number of hydrogen-bond donors (Lipinski definition) is 1. The van der Waals surface area contributed by atoms with E-state index in [4.69, 9.17) is 0 Å². The minimum absolute atomic E-state index is 0.447. The summed E-state index contributed by atoms with van der Waals surface area (Å²) in [6.07, 6.45) is 6.80. The molecule has 1 aromatic heterocycles. The van der Waals surface area contributed by atoms with Crippen LogP contribution in [0.5, 0.6) is 0 Å². The molecule has 2 nitrogen and oxygen atoms in total. The first-order chi connectivity index (χ1) is 9.22. The topological polar surface area (TPSA) is 15.3 Å². The molecule has 0 aromatic carbocycles. The highest BCUT2D eigenvalue weighted by atomic mass is 79.9. The Morgan fingerprint density at radius 3 is 2.84 bits per heavy atom. The Hall–Kier alpha value is 0.1000. The molecule has 1 spiro atoms. The van der Waals surface area contributed by atoms with E-state index in [2.05, 4.69) is 45.2 Å². The van der Waals surface area contributed by atoms with Gasteiger partial charge in [0.2, 0.25) is 0 Å². The largest absolute Gasteiger partial charge is 0.311 e. The maximum atomic E-state index is 3.77. The first-order valence-corrected chi connectivity index (χ1v) is 9.05. The maximum Gasteiger partial charge on any atom is 0.0701 e. The molecule has 1 aromatic rings. The number of halogens is 1. The second-order valence-corrected chi connectivity index (χ2v) is 8.55. The smallest absolute Gasteiger partial charge is 0.0701 e. The fourth-order valence-corrected chi connectivity index (χ4v) is 5.13. The number of piperazine rings is 1. The van der Waals surface area contributed by atoms with Gasteiger partial charge in [-0.3, -0.25) is 4.90 Å². The average molecular weight is 343 g/mol. The summed E-state index contributed by atoms with van der Waals surface area (Å²) in [4.78, 5) is 4.28. The first-order valence-electron chi connectivity index (χ1n) is 7.44. The van der Waals surface area contributed by atoms with E-state index in [1.807, 2.05) is 11.3 Å². The number of hydrogen-bond acceptors (Lipinski definition) is 3. The van der Waals surface area contributed by atoms with Gasteiger partial charge in [-0.1, -0.05) is 19.8 Å². The molecular formula is C15H23BrN2S. The Bertz CT molecular complexity index is 426. The molecule has 2 heterocycles. The van der Waals surface area contributed by atoms with Crippen LogP contribution in [0, 0.1) is 0 Å². The molecule has 1 aliphatic carbocycles. The van der Waals surface area contributed by atoms with E-state index < -0.39 is 0 Å². The van der Waals surface area contributed by atoms with Crippen molar-refractivity contribution in [2.75, 3.05) is 13.1 Å². The van der Waals surface area contributed by atoms with Gasteiger partial charge < -0.3 is 5.32 Å². The zero-order valence-electron chi connectivity index (χ0n) is 11.6. The lowest BCUT2D eigenvalue weighted by atomic mass is 9.90. The van der Waals surface area contributed by atoms with Gasteiger partial charge in [0.15, 0.2) is 0 Å². The van der Waals surface area contributed by atoms with Crippen LogP contribution in [-0.2, 0) is 6.54 Å². The molecule has 3 rings (SSSR count). The second kappa shape index (κ2) is 5.84. The summed E-state index contributed by atoms with van der Waals surface area (Å²) in [5, 5.41) is 3.77. The zero-order valence-corrected chi connectivity index (χ0v) is 14.0. The highest BCUT2D eigenvalue weighted by Gasteiger charge is 2.43. The normalized spacial score (nSPS) is 27.2. The Labute approximate surface area is 128 Å². The molecule has 106 valence electrons. The van der Waals surface area contributed by atoms with Crippen LogP contribution >= 0.6 is 27.3 Å². The van der Waals surface area contributed by atoms with E-state index in [0.717, 1.165) is 6.54 Å². The van der Waals surface area contributed by atoms with E-state index in [-0.39, 0.29) is 0 Å². The number of nitrogens with one attached hydrogen (secondary N) is 1. The third-order valence-electron chi connectivity index (χ3n) is 4.83. The van der Waals surface area contributed by atoms with Gasteiger partial charge in [0, 0.05) is 36.1 Å². The molecule has 0 bridgehead atoms. The highest BCUT2D eigenvalue weighted by Crippen LogP contribution is 2.38. The zero-order chi connectivity index (χ0) is 13.3. The minimum atomic E-state index is 0.447. The van der Waals surface area contributed by atoms with Crippen LogP contribution in [0.2, 0.25) is 0 Å². The third kappa shape index (κ3) is 2.92. The quantitative estimate of drug-likeness (QED) is 0.892. The van der Waals surface area contributed by atoms with Crippen molar-refractivity contribution in [1.29, 1.82) is 0 Å². The van der Waals surface area contributed by atoms with Crippen LogP contribution in [-0.4, -0.2) is 29.6 Å². The van der Waals surface area contributed by atoms with Gasteiger partial charge in [-0.05, 0) is 47.3 Å². The average Bonchev–Trinajstić information content (AvgIpc) is 3.03. The van der Waals surface area contributed by atoms with Crippen molar-refractivity contribution in [2.45, 2.75) is 57.2 Å². The van der Waals surface area contributed by atoms with Crippen LogP contribution in [0.15, 0.2) is 15.9 Å². The van der Waals surface area contributed by atoms with Gasteiger partial charge in [0.25, 0.3) is 0 Å². The highest BCUT2D eigenvalue weighted by molar-refractivity contribution is 9.11. The standard InChI is InChI=1S/C15H23BrN2S/c1-2-12-9-18(10-13-5-6-14(16)19-13)15(11-17-12)7-3-4-8-15/h5-6,12,17H,2-4,7-11H2,1H3. The predicted molar refractivity (Wildman–Crippen MR) is 85.7 cm³/mol. The van der Waals surface area contributed by atoms with Crippen LogP contribution in [0.3, 0.4) is 0 Å².